The van der Waals surface area contributed by atoms with E-state index in [1.807, 2.05) is 20.8 Å². The molecule has 24 heavy (non-hydrogen) atoms. The fourth-order valence-corrected chi connectivity index (χ4v) is 2.78. The molecule has 0 aliphatic carbocycles. The molecule has 1 aromatic heterocycles. The molecule has 1 aliphatic heterocycles. The van der Waals surface area contributed by atoms with E-state index < -0.39 is 0 Å². The lowest BCUT2D eigenvalue weighted by molar-refractivity contribution is -0.113. The van der Waals surface area contributed by atoms with Gasteiger partial charge in [-0.1, -0.05) is 44.1 Å². The topological polar surface area (TPSA) is 89.1 Å². The molecule has 0 fully saturated rings. The molecule has 9 heteroatoms. The van der Waals surface area contributed by atoms with E-state index in [1.165, 1.54) is 11.8 Å². The lowest BCUT2D eigenvalue weighted by atomic mass is 9.96. The fraction of sp³-hybridized carbons (Fsp3) is 0.400. The summed E-state index contributed by atoms with van der Waals surface area (Å²) in [6.45, 7) is 6.27. The first-order valence-electron chi connectivity index (χ1n) is 7.27. The molecule has 1 amide bonds. The van der Waals surface area contributed by atoms with Crippen LogP contribution in [0.4, 0.5) is 5.69 Å². The molecule has 0 saturated carbocycles. The number of hydrogen-bond donors (Lipinski definition) is 2. The minimum Gasteiger partial charge on any atom is -0.454 e. The SMILES string of the molecule is CC(C)(C)c1nc(SCC(=O)Nc2cc3c(cc2Cl)OCO3)n[nH]1. The van der Waals surface area contributed by atoms with Gasteiger partial charge in [-0.2, -0.15) is 0 Å². The van der Waals surface area contributed by atoms with Crippen molar-refractivity contribution in [2.45, 2.75) is 31.3 Å². The average molecular weight is 369 g/mol. The maximum absolute atomic E-state index is 12.1. The van der Waals surface area contributed by atoms with Crippen molar-refractivity contribution in [2.24, 2.45) is 0 Å². The summed E-state index contributed by atoms with van der Waals surface area (Å²) < 4.78 is 10.5. The van der Waals surface area contributed by atoms with Gasteiger partial charge in [0.25, 0.3) is 0 Å². The first-order chi connectivity index (χ1) is 11.3. The Hall–Kier alpha value is -1.93. The van der Waals surface area contributed by atoms with Gasteiger partial charge in [-0.15, -0.1) is 5.10 Å². The van der Waals surface area contributed by atoms with Crippen LogP contribution in [0.3, 0.4) is 0 Å². The summed E-state index contributed by atoms with van der Waals surface area (Å²) in [5.74, 6) is 1.88. The second-order valence-corrected chi connectivity index (χ2v) is 7.59. The molecule has 0 atom stereocenters. The van der Waals surface area contributed by atoms with E-state index in [9.17, 15) is 4.79 Å². The van der Waals surface area contributed by atoms with Crippen LogP contribution in [0.25, 0.3) is 0 Å². The van der Waals surface area contributed by atoms with Gasteiger partial charge in [0.2, 0.25) is 17.9 Å². The number of ether oxygens (including phenoxy) is 2. The van der Waals surface area contributed by atoms with Crippen LogP contribution in [0.15, 0.2) is 17.3 Å². The van der Waals surface area contributed by atoms with Gasteiger partial charge >= 0.3 is 0 Å². The summed E-state index contributed by atoms with van der Waals surface area (Å²) >= 11 is 7.39. The number of anilines is 1. The number of carbonyl (C=O) groups excluding carboxylic acids is 1. The molecule has 128 valence electrons. The standard InChI is InChI=1S/C15H17ClN4O3S/c1-15(2,3)13-18-14(20-19-13)24-6-12(21)17-9-5-11-10(4-8(9)16)22-7-23-11/h4-5H,6-7H2,1-3H3,(H,17,21)(H,18,19,20). The zero-order valence-electron chi connectivity index (χ0n) is 13.5. The van der Waals surface area contributed by atoms with Gasteiger partial charge in [-0.3, -0.25) is 9.89 Å². The highest BCUT2D eigenvalue weighted by Crippen LogP contribution is 2.39. The van der Waals surface area contributed by atoms with E-state index in [-0.39, 0.29) is 23.9 Å². The third-order valence-electron chi connectivity index (χ3n) is 3.24. The monoisotopic (exact) mass is 368 g/mol. The predicted molar refractivity (Wildman–Crippen MR) is 92.0 cm³/mol. The van der Waals surface area contributed by atoms with Crippen LogP contribution in [0.1, 0.15) is 26.6 Å². The molecule has 2 aromatic rings. The van der Waals surface area contributed by atoms with Crippen LogP contribution >= 0.6 is 23.4 Å². The molecule has 0 saturated heterocycles. The summed E-state index contributed by atoms with van der Waals surface area (Å²) in [5.41, 5.74) is 0.366. The number of thioether (sulfide) groups is 1. The molecule has 1 aromatic carbocycles. The lowest BCUT2D eigenvalue weighted by Gasteiger charge is -2.12. The van der Waals surface area contributed by atoms with E-state index in [4.69, 9.17) is 21.1 Å². The molecule has 1 aliphatic rings. The van der Waals surface area contributed by atoms with Gasteiger partial charge in [-0.05, 0) is 0 Å². The average Bonchev–Trinajstić information content (AvgIpc) is 3.13. The number of aromatic amines is 1. The van der Waals surface area contributed by atoms with Crippen LogP contribution in [0, 0.1) is 0 Å². The number of aromatic nitrogens is 3. The molecule has 2 heterocycles. The Bertz CT molecular complexity index is 773. The molecule has 0 spiro atoms. The zero-order valence-corrected chi connectivity index (χ0v) is 15.0. The highest BCUT2D eigenvalue weighted by molar-refractivity contribution is 7.99. The van der Waals surface area contributed by atoms with Crippen molar-refractivity contribution in [3.63, 3.8) is 0 Å². The van der Waals surface area contributed by atoms with E-state index in [0.717, 1.165) is 5.82 Å². The highest BCUT2D eigenvalue weighted by Gasteiger charge is 2.20. The quantitative estimate of drug-likeness (QED) is 0.805. The van der Waals surface area contributed by atoms with Crippen molar-refractivity contribution in [3.8, 4) is 11.5 Å². The van der Waals surface area contributed by atoms with Crippen molar-refractivity contribution >= 4 is 35.0 Å². The smallest absolute Gasteiger partial charge is 0.234 e. The van der Waals surface area contributed by atoms with Crippen LogP contribution in [0.2, 0.25) is 5.02 Å². The van der Waals surface area contributed by atoms with Crippen molar-refractivity contribution in [1.82, 2.24) is 15.2 Å². The predicted octanol–water partition coefficient (Wildman–Crippen LogP) is 3.22. The van der Waals surface area contributed by atoms with Gasteiger partial charge in [0.15, 0.2) is 11.5 Å². The minimum absolute atomic E-state index is 0.117. The third-order valence-corrected chi connectivity index (χ3v) is 4.40. The first-order valence-corrected chi connectivity index (χ1v) is 8.64. The largest absolute Gasteiger partial charge is 0.454 e. The highest BCUT2D eigenvalue weighted by atomic mass is 35.5. The number of benzene rings is 1. The number of nitrogens with one attached hydrogen (secondary N) is 2. The molecule has 0 radical (unpaired) electrons. The second-order valence-electron chi connectivity index (χ2n) is 6.24. The van der Waals surface area contributed by atoms with Crippen LogP contribution in [-0.4, -0.2) is 33.6 Å². The summed E-state index contributed by atoms with van der Waals surface area (Å²) in [5, 5.41) is 10.7. The third kappa shape index (κ3) is 3.76. The Labute approximate surface area is 148 Å². The molecule has 0 unspecified atom stereocenters. The maximum atomic E-state index is 12.1. The van der Waals surface area contributed by atoms with Gasteiger partial charge in [0.05, 0.1) is 16.5 Å². The normalized spacial score (nSPS) is 13.2. The number of nitrogens with zero attached hydrogens (tertiary/aromatic N) is 2. The number of amides is 1. The molecule has 7 nitrogen and oxygen atoms in total. The van der Waals surface area contributed by atoms with E-state index >= 15 is 0 Å². The maximum Gasteiger partial charge on any atom is 0.234 e. The number of halogens is 1. The summed E-state index contributed by atoms with van der Waals surface area (Å²) in [7, 11) is 0. The minimum atomic E-state index is -0.206. The van der Waals surface area contributed by atoms with Crippen molar-refractivity contribution in [2.75, 3.05) is 17.9 Å². The molecular formula is C15H17ClN4O3S. The lowest BCUT2D eigenvalue weighted by Crippen LogP contribution is -2.14. The number of H-pyrrole nitrogens is 1. The van der Waals surface area contributed by atoms with Crippen molar-refractivity contribution in [3.05, 3.63) is 23.0 Å². The van der Waals surface area contributed by atoms with Crippen LogP contribution < -0.4 is 14.8 Å². The number of fused-ring (bicyclic) bond motifs is 1. The van der Waals surface area contributed by atoms with Crippen molar-refractivity contribution < 1.29 is 14.3 Å². The Kier molecular flexibility index (Phi) is 4.60. The van der Waals surface area contributed by atoms with E-state index in [2.05, 4.69) is 20.5 Å². The Balaban J connectivity index is 1.59. The van der Waals surface area contributed by atoms with E-state index in [0.29, 0.717) is 27.4 Å². The van der Waals surface area contributed by atoms with Crippen LogP contribution in [-0.2, 0) is 10.2 Å². The van der Waals surface area contributed by atoms with Crippen molar-refractivity contribution in [1.29, 1.82) is 0 Å². The fourth-order valence-electron chi connectivity index (χ4n) is 1.98. The Morgan fingerprint density at radius 1 is 1.38 bits per heavy atom. The first kappa shape index (κ1) is 16.9. The molecular weight excluding hydrogens is 352 g/mol. The van der Waals surface area contributed by atoms with Gasteiger partial charge < -0.3 is 14.8 Å². The summed E-state index contributed by atoms with van der Waals surface area (Å²) in [6.07, 6.45) is 0. The molecule has 2 N–H and O–H groups in total. The number of rotatable bonds is 4. The van der Waals surface area contributed by atoms with E-state index in [1.54, 1.807) is 12.1 Å². The number of carbonyl (C=O) groups is 1. The zero-order chi connectivity index (χ0) is 17.3. The second kappa shape index (κ2) is 6.52. The van der Waals surface area contributed by atoms with Gasteiger partial charge in [0, 0.05) is 17.5 Å². The Morgan fingerprint density at radius 2 is 2.08 bits per heavy atom. The number of hydrogen-bond acceptors (Lipinski definition) is 6. The Morgan fingerprint density at radius 3 is 2.75 bits per heavy atom. The molecule has 3 rings (SSSR count). The summed E-state index contributed by atoms with van der Waals surface area (Å²) in [4.78, 5) is 16.5. The summed E-state index contributed by atoms with van der Waals surface area (Å²) in [6, 6.07) is 3.27. The molecule has 0 bridgehead atoms. The van der Waals surface area contributed by atoms with Gasteiger partial charge in [0.1, 0.15) is 5.82 Å². The van der Waals surface area contributed by atoms with Gasteiger partial charge in [-0.25, -0.2) is 4.98 Å². The van der Waals surface area contributed by atoms with Crippen LogP contribution in [0.5, 0.6) is 11.5 Å².